The minimum absolute atomic E-state index is 0.0776. The van der Waals surface area contributed by atoms with Crippen LogP contribution < -0.4 is 10.6 Å². The molecular weight excluding hydrogens is 308 g/mol. The lowest BCUT2D eigenvalue weighted by molar-refractivity contribution is -0.157. The van der Waals surface area contributed by atoms with Crippen LogP contribution in [0.1, 0.15) is 78.6 Å². The fourth-order valence-electron chi connectivity index (χ4n) is 3.58. The summed E-state index contributed by atoms with van der Waals surface area (Å²) in [5.41, 5.74) is -1.08. The first kappa shape index (κ1) is 18.7. The third-order valence-electron chi connectivity index (χ3n) is 4.65. The lowest BCUT2D eigenvalue weighted by Crippen LogP contribution is -2.58. The van der Waals surface area contributed by atoms with Gasteiger partial charge in [-0.2, -0.15) is 0 Å². The monoisotopic (exact) mass is 338 g/mol. The lowest BCUT2D eigenvalue weighted by atomic mass is 9.79. The van der Waals surface area contributed by atoms with Crippen molar-refractivity contribution < 1.29 is 19.1 Å². The second kappa shape index (κ2) is 7.53. The van der Waals surface area contributed by atoms with Crippen LogP contribution in [0.15, 0.2) is 0 Å². The molecule has 2 N–H and O–H groups in total. The Morgan fingerprint density at radius 1 is 1.21 bits per heavy atom. The van der Waals surface area contributed by atoms with Gasteiger partial charge in [0, 0.05) is 6.42 Å². The van der Waals surface area contributed by atoms with Gasteiger partial charge in [-0.25, -0.2) is 0 Å². The number of amides is 2. The van der Waals surface area contributed by atoms with Gasteiger partial charge in [0.2, 0.25) is 11.8 Å². The van der Waals surface area contributed by atoms with Crippen molar-refractivity contribution in [1.29, 1.82) is 0 Å². The molecule has 6 heteroatoms. The number of hydrogen-bond donors (Lipinski definition) is 2. The minimum Gasteiger partial charge on any atom is -0.460 e. The molecule has 0 bridgehead atoms. The number of carbonyl (C=O) groups is 3. The van der Waals surface area contributed by atoms with Gasteiger partial charge in [-0.15, -0.1) is 0 Å². The molecular formula is C18H30N2O4. The Hall–Kier alpha value is -1.59. The smallest absolute Gasteiger partial charge is 0.308 e. The number of esters is 1. The highest BCUT2D eigenvalue weighted by Gasteiger charge is 2.39. The quantitative estimate of drug-likeness (QED) is 0.770. The van der Waals surface area contributed by atoms with Crippen LogP contribution >= 0.6 is 0 Å². The molecule has 2 aliphatic rings. The second-order valence-corrected chi connectivity index (χ2v) is 8.11. The topological polar surface area (TPSA) is 84.5 Å². The maximum Gasteiger partial charge on any atom is 0.308 e. The van der Waals surface area contributed by atoms with E-state index in [1.54, 1.807) is 0 Å². The molecule has 1 aliphatic heterocycles. The van der Waals surface area contributed by atoms with Crippen LogP contribution in [-0.2, 0) is 19.1 Å². The SMILES string of the molecule is CC(C)(C)OC(=O)CC1(NC(=O)C2CCCC(=O)N2)CCCCC1. The summed E-state index contributed by atoms with van der Waals surface area (Å²) in [5, 5.41) is 5.83. The van der Waals surface area contributed by atoms with Gasteiger partial charge in [0.05, 0.1) is 12.0 Å². The zero-order valence-corrected chi connectivity index (χ0v) is 15.1. The third-order valence-corrected chi connectivity index (χ3v) is 4.65. The highest BCUT2D eigenvalue weighted by atomic mass is 16.6. The number of ether oxygens (including phenoxy) is 1. The first-order valence-corrected chi connectivity index (χ1v) is 9.02. The molecule has 0 aromatic rings. The summed E-state index contributed by atoms with van der Waals surface area (Å²) < 4.78 is 5.45. The lowest BCUT2D eigenvalue weighted by Gasteiger charge is -2.39. The van der Waals surface area contributed by atoms with Gasteiger partial charge in [0.15, 0.2) is 0 Å². The maximum atomic E-state index is 12.6. The zero-order chi connectivity index (χ0) is 17.8. The molecule has 136 valence electrons. The molecule has 1 aliphatic carbocycles. The van der Waals surface area contributed by atoms with Crippen molar-refractivity contribution in [3.8, 4) is 0 Å². The van der Waals surface area contributed by atoms with E-state index in [1.807, 2.05) is 20.8 Å². The molecule has 0 spiro atoms. The van der Waals surface area contributed by atoms with Crippen LogP contribution in [0.2, 0.25) is 0 Å². The highest BCUT2D eigenvalue weighted by molar-refractivity contribution is 5.89. The van der Waals surface area contributed by atoms with Crippen molar-refractivity contribution in [3.63, 3.8) is 0 Å². The number of rotatable bonds is 4. The molecule has 2 fully saturated rings. The van der Waals surface area contributed by atoms with Crippen molar-refractivity contribution in [2.24, 2.45) is 0 Å². The van der Waals surface area contributed by atoms with Crippen molar-refractivity contribution in [3.05, 3.63) is 0 Å². The van der Waals surface area contributed by atoms with Crippen LogP contribution in [0.3, 0.4) is 0 Å². The molecule has 0 aromatic heterocycles. The summed E-state index contributed by atoms with van der Waals surface area (Å²) in [6.07, 6.45) is 6.69. The van der Waals surface area contributed by atoms with Gasteiger partial charge >= 0.3 is 5.97 Å². The van der Waals surface area contributed by atoms with Gasteiger partial charge in [-0.3, -0.25) is 14.4 Å². The predicted octanol–water partition coefficient (Wildman–Crippen LogP) is 2.21. The average Bonchev–Trinajstić information content (AvgIpc) is 2.45. The van der Waals surface area contributed by atoms with E-state index >= 15 is 0 Å². The molecule has 1 unspecified atom stereocenters. The highest BCUT2D eigenvalue weighted by Crippen LogP contribution is 2.32. The number of nitrogens with one attached hydrogen (secondary N) is 2. The van der Waals surface area contributed by atoms with Crippen LogP contribution in [0.25, 0.3) is 0 Å². The Labute approximate surface area is 144 Å². The largest absolute Gasteiger partial charge is 0.460 e. The Kier molecular flexibility index (Phi) is 5.88. The number of piperidine rings is 1. The molecule has 1 atom stereocenters. The first-order valence-electron chi connectivity index (χ1n) is 9.02. The number of hydrogen-bond acceptors (Lipinski definition) is 4. The average molecular weight is 338 g/mol. The van der Waals surface area contributed by atoms with Crippen LogP contribution in [0, 0.1) is 0 Å². The summed E-state index contributed by atoms with van der Waals surface area (Å²) in [4.78, 5) is 36.4. The van der Waals surface area contributed by atoms with E-state index in [0.717, 1.165) is 38.5 Å². The van der Waals surface area contributed by atoms with Crippen LogP contribution in [-0.4, -0.2) is 35.0 Å². The van der Waals surface area contributed by atoms with E-state index in [-0.39, 0.29) is 24.2 Å². The molecule has 1 saturated carbocycles. The standard InChI is InChI=1S/C18H30N2O4/c1-17(2,3)24-15(22)12-18(10-5-4-6-11-18)20-16(23)13-8-7-9-14(21)19-13/h13H,4-12H2,1-3H3,(H,19,21)(H,20,23). The van der Waals surface area contributed by atoms with Crippen molar-refractivity contribution >= 4 is 17.8 Å². The minimum atomic E-state index is -0.542. The summed E-state index contributed by atoms with van der Waals surface area (Å²) >= 11 is 0. The maximum absolute atomic E-state index is 12.6. The van der Waals surface area contributed by atoms with Crippen molar-refractivity contribution in [2.45, 2.75) is 95.7 Å². The zero-order valence-electron chi connectivity index (χ0n) is 15.1. The van der Waals surface area contributed by atoms with Crippen LogP contribution in [0.4, 0.5) is 0 Å². The molecule has 2 rings (SSSR count). The van der Waals surface area contributed by atoms with Gasteiger partial charge in [0.1, 0.15) is 11.6 Å². The summed E-state index contributed by atoms with van der Waals surface area (Å²) in [6.45, 7) is 5.53. The van der Waals surface area contributed by atoms with Gasteiger partial charge in [-0.1, -0.05) is 19.3 Å². The molecule has 2 amide bonds. The fourth-order valence-corrected chi connectivity index (χ4v) is 3.58. The van der Waals surface area contributed by atoms with E-state index in [1.165, 1.54) is 0 Å². The van der Waals surface area contributed by atoms with Crippen molar-refractivity contribution in [2.75, 3.05) is 0 Å². The van der Waals surface area contributed by atoms with Gasteiger partial charge < -0.3 is 15.4 Å². The van der Waals surface area contributed by atoms with E-state index in [4.69, 9.17) is 4.74 Å². The second-order valence-electron chi connectivity index (χ2n) is 8.11. The fraction of sp³-hybridized carbons (Fsp3) is 0.833. The van der Waals surface area contributed by atoms with Crippen molar-refractivity contribution in [1.82, 2.24) is 10.6 Å². The van der Waals surface area contributed by atoms with Gasteiger partial charge in [0.25, 0.3) is 0 Å². The Morgan fingerprint density at radius 3 is 2.46 bits per heavy atom. The Balaban J connectivity index is 2.02. The summed E-state index contributed by atoms with van der Waals surface area (Å²) in [5.74, 6) is -0.530. The molecule has 1 saturated heterocycles. The summed E-state index contributed by atoms with van der Waals surface area (Å²) in [7, 11) is 0. The first-order chi connectivity index (χ1) is 11.2. The van der Waals surface area contributed by atoms with Crippen LogP contribution in [0.5, 0.6) is 0 Å². The molecule has 24 heavy (non-hydrogen) atoms. The summed E-state index contributed by atoms with van der Waals surface area (Å²) in [6, 6.07) is -0.483. The molecule has 0 aromatic carbocycles. The van der Waals surface area contributed by atoms with E-state index in [2.05, 4.69) is 10.6 Å². The van der Waals surface area contributed by atoms with Gasteiger partial charge in [-0.05, 0) is 46.5 Å². The molecule has 1 heterocycles. The van der Waals surface area contributed by atoms with E-state index < -0.39 is 17.2 Å². The van der Waals surface area contributed by atoms with E-state index in [9.17, 15) is 14.4 Å². The molecule has 6 nitrogen and oxygen atoms in total. The van der Waals surface area contributed by atoms with E-state index in [0.29, 0.717) is 12.8 Å². The third kappa shape index (κ3) is 5.49. The molecule has 0 radical (unpaired) electrons. The Morgan fingerprint density at radius 2 is 1.88 bits per heavy atom. The normalized spacial score (nSPS) is 24.0. The predicted molar refractivity (Wildman–Crippen MR) is 90.2 cm³/mol. The number of carbonyl (C=O) groups excluding carboxylic acids is 3. The Bertz CT molecular complexity index is 490.